The van der Waals surface area contributed by atoms with Gasteiger partial charge < -0.3 is 9.72 Å². The van der Waals surface area contributed by atoms with Crippen molar-refractivity contribution in [3.8, 4) is 11.3 Å². The summed E-state index contributed by atoms with van der Waals surface area (Å²) in [6.45, 7) is 1.90. The molecule has 0 saturated heterocycles. The lowest BCUT2D eigenvalue weighted by atomic mass is 10.1. The first kappa shape index (κ1) is 16.6. The summed E-state index contributed by atoms with van der Waals surface area (Å²) in [4.78, 5) is 28.0. The lowest BCUT2D eigenvalue weighted by Crippen LogP contribution is -2.11. The number of aromatic amines is 1. The summed E-state index contributed by atoms with van der Waals surface area (Å²) in [5, 5.41) is 0. The Bertz CT molecular complexity index is 898. The Morgan fingerprint density at radius 1 is 1.04 bits per heavy atom. The molecule has 0 aliphatic rings. The van der Waals surface area contributed by atoms with E-state index >= 15 is 0 Å². The fourth-order valence-corrected chi connectivity index (χ4v) is 2.52. The second kappa shape index (κ2) is 7.13. The van der Waals surface area contributed by atoms with Gasteiger partial charge in [-0.1, -0.05) is 30.3 Å². The second-order valence-corrected chi connectivity index (χ2v) is 5.39. The molecule has 3 rings (SSSR count). The van der Waals surface area contributed by atoms with Crippen molar-refractivity contribution in [1.82, 2.24) is 4.98 Å². The van der Waals surface area contributed by atoms with E-state index in [0.717, 1.165) is 0 Å². The quantitative estimate of drug-likeness (QED) is 0.560. The maximum absolute atomic E-state index is 13.1. The molecule has 0 aliphatic heterocycles. The molecular weight excluding hydrogens is 321 g/mol. The van der Waals surface area contributed by atoms with Crippen LogP contribution in [0.5, 0.6) is 0 Å². The van der Waals surface area contributed by atoms with Gasteiger partial charge in [0.15, 0.2) is 0 Å². The number of nitrogens with one attached hydrogen (secondary N) is 1. The van der Waals surface area contributed by atoms with Crippen LogP contribution in [0.4, 0.5) is 4.39 Å². The number of ether oxygens (including phenoxy) is 1. The molecular formula is C20H16FNO3. The number of hydrogen-bond donors (Lipinski definition) is 1. The van der Waals surface area contributed by atoms with Crippen LogP contribution in [0.25, 0.3) is 11.3 Å². The molecule has 2 aromatic carbocycles. The molecule has 0 amide bonds. The molecule has 25 heavy (non-hydrogen) atoms. The predicted molar refractivity (Wildman–Crippen MR) is 92.0 cm³/mol. The minimum absolute atomic E-state index is 0.156. The van der Waals surface area contributed by atoms with Gasteiger partial charge >= 0.3 is 5.97 Å². The topological polar surface area (TPSA) is 59.2 Å². The number of carbonyl (C=O) groups excluding carboxylic acids is 2. The van der Waals surface area contributed by atoms with E-state index in [2.05, 4.69) is 4.98 Å². The number of esters is 1. The summed E-state index contributed by atoms with van der Waals surface area (Å²) in [6.07, 6.45) is 0. The van der Waals surface area contributed by atoms with Crippen molar-refractivity contribution in [3.63, 3.8) is 0 Å². The zero-order valence-electron chi connectivity index (χ0n) is 13.6. The summed E-state index contributed by atoms with van der Waals surface area (Å²) in [6, 6.07) is 16.0. The molecule has 0 aliphatic carbocycles. The Kier molecular flexibility index (Phi) is 4.75. The van der Waals surface area contributed by atoms with Gasteiger partial charge in [-0.05, 0) is 42.8 Å². The lowest BCUT2D eigenvalue weighted by Gasteiger charge is -2.03. The highest BCUT2D eigenvalue weighted by atomic mass is 19.1. The smallest absolute Gasteiger partial charge is 0.340 e. The molecule has 126 valence electrons. The van der Waals surface area contributed by atoms with E-state index in [1.807, 2.05) is 6.07 Å². The largest absolute Gasteiger partial charge is 0.462 e. The van der Waals surface area contributed by atoms with Crippen molar-refractivity contribution >= 4 is 11.8 Å². The van der Waals surface area contributed by atoms with Crippen LogP contribution < -0.4 is 0 Å². The molecule has 3 aromatic rings. The normalized spacial score (nSPS) is 10.5. The van der Waals surface area contributed by atoms with Crippen LogP contribution >= 0.6 is 0 Å². The van der Waals surface area contributed by atoms with Crippen molar-refractivity contribution in [1.29, 1.82) is 0 Å². The van der Waals surface area contributed by atoms with Gasteiger partial charge in [-0.3, -0.25) is 4.79 Å². The summed E-state index contributed by atoms with van der Waals surface area (Å²) >= 11 is 0. The number of halogens is 1. The van der Waals surface area contributed by atoms with Gasteiger partial charge in [-0.2, -0.15) is 0 Å². The van der Waals surface area contributed by atoms with Gasteiger partial charge in [0.25, 0.3) is 0 Å². The maximum atomic E-state index is 13.1. The minimum Gasteiger partial charge on any atom is -0.462 e. The van der Waals surface area contributed by atoms with Crippen molar-refractivity contribution in [2.75, 3.05) is 6.61 Å². The van der Waals surface area contributed by atoms with Crippen LogP contribution in [-0.2, 0) is 4.74 Å². The molecule has 4 nitrogen and oxygen atoms in total. The van der Waals surface area contributed by atoms with Crippen molar-refractivity contribution in [2.45, 2.75) is 6.92 Å². The van der Waals surface area contributed by atoms with E-state index in [1.54, 1.807) is 49.4 Å². The first-order chi connectivity index (χ1) is 12.1. The summed E-state index contributed by atoms with van der Waals surface area (Å²) in [5.41, 5.74) is 1.99. The van der Waals surface area contributed by atoms with Crippen LogP contribution in [0.3, 0.4) is 0 Å². The molecule has 0 unspecified atom stereocenters. The van der Waals surface area contributed by atoms with Crippen molar-refractivity contribution in [2.24, 2.45) is 0 Å². The van der Waals surface area contributed by atoms with Crippen LogP contribution in [0, 0.1) is 5.82 Å². The zero-order valence-corrected chi connectivity index (χ0v) is 13.6. The molecule has 0 atom stereocenters. The molecule has 1 aromatic heterocycles. The number of aromatic nitrogens is 1. The van der Waals surface area contributed by atoms with E-state index in [-0.39, 0.29) is 29.5 Å². The fraction of sp³-hybridized carbons (Fsp3) is 0.100. The highest BCUT2D eigenvalue weighted by Gasteiger charge is 2.23. The Morgan fingerprint density at radius 2 is 1.72 bits per heavy atom. The van der Waals surface area contributed by atoms with Gasteiger partial charge in [-0.25, -0.2) is 9.18 Å². The summed E-state index contributed by atoms with van der Waals surface area (Å²) in [5.74, 6) is -1.25. The lowest BCUT2D eigenvalue weighted by molar-refractivity contribution is 0.0523. The highest BCUT2D eigenvalue weighted by molar-refractivity contribution is 6.14. The summed E-state index contributed by atoms with van der Waals surface area (Å²) < 4.78 is 18.2. The van der Waals surface area contributed by atoms with Crippen molar-refractivity contribution < 1.29 is 18.7 Å². The fourth-order valence-electron chi connectivity index (χ4n) is 2.52. The predicted octanol–water partition coefficient (Wildman–Crippen LogP) is 4.23. The number of rotatable bonds is 5. The number of H-pyrrole nitrogens is 1. The zero-order chi connectivity index (χ0) is 17.8. The maximum Gasteiger partial charge on any atom is 0.340 e. The Hall–Kier alpha value is -3.21. The molecule has 1 N–H and O–H groups in total. The van der Waals surface area contributed by atoms with Crippen molar-refractivity contribution in [3.05, 3.63) is 83.3 Å². The molecule has 0 saturated carbocycles. The first-order valence-electron chi connectivity index (χ1n) is 7.86. The average molecular weight is 337 g/mol. The standard InChI is InChI=1S/C20H16FNO3/c1-2-25-20(24)16-12-17(13-8-10-15(21)11-9-13)22-18(16)19(23)14-6-4-3-5-7-14/h3-12,22H,2H2,1H3. The number of benzene rings is 2. The van der Waals surface area contributed by atoms with Gasteiger partial charge in [0, 0.05) is 11.3 Å². The van der Waals surface area contributed by atoms with E-state index in [9.17, 15) is 14.0 Å². The third-order valence-corrected chi connectivity index (χ3v) is 3.73. The third kappa shape index (κ3) is 3.50. The monoisotopic (exact) mass is 337 g/mol. The Balaban J connectivity index is 2.07. The molecule has 1 heterocycles. The highest BCUT2D eigenvalue weighted by Crippen LogP contribution is 2.25. The minimum atomic E-state index is -0.577. The van der Waals surface area contributed by atoms with Crippen LogP contribution in [0.2, 0.25) is 0 Å². The number of ketones is 1. The Labute approximate surface area is 144 Å². The second-order valence-electron chi connectivity index (χ2n) is 5.39. The van der Waals surface area contributed by atoms with Gasteiger partial charge in [0.05, 0.1) is 12.2 Å². The van der Waals surface area contributed by atoms with E-state index in [4.69, 9.17) is 4.74 Å². The van der Waals surface area contributed by atoms with Gasteiger partial charge in [0.2, 0.25) is 5.78 Å². The van der Waals surface area contributed by atoms with Crippen LogP contribution in [0.15, 0.2) is 60.7 Å². The van der Waals surface area contributed by atoms with Crippen LogP contribution in [-0.4, -0.2) is 23.3 Å². The molecule has 0 radical (unpaired) electrons. The molecule has 0 bridgehead atoms. The molecule has 5 heteroatoms. The molecule has 0 spiro atoms. The van der Waals surface area contributed by atoms with E-state index in [0.29, 0.717) is 16.8 Å². The third-order valence-electron chi connectivity index (χ3n) is 3.73. The van der Waals surface area contributed by atoms with E-state index < -0.39 is 5.97 Å². The Morgan fingerprint density at radius 3 is 2.36 bits per heavy atom. The number of hydrogen-bond acceptors (Lipinski definition) is 3. The van der Waals surface area contributed by atoms with Gasteiger partial charge in [0.1, 0.15) is 11.5 Å². The molecule has 0 fully saturated rings. The first-order valence-corrected chi connectivity index (χ1v) is 7.86. The number of carbonyl (C=O) groups is 2. The average Bonchev–Trinajstić information content (AvgIpc) is 3.08. The van der Waals surface area contributed by atoms with Crippen LogP contribution in [0.1, 0.15) is 33.3 Å². The summed E-state index contributed by atoms with van der Waals surface area (Å²) in [7, 11) is 0. The van der Waals surface area contributed by atoms with Gasteiger partial charge in [-0.15, -0.1) is 0 Å². The SMILES string of the molecule is CCOC(=O)c1cc(-c2ccc(F)cc2)[nH]c1C(=O)c1ccccc1. The van der Waals surface area contributed by atoms with E-state index in [1.165, 1.54) is 12.1 Å².